The molecule has 190 valence electrons. The Labute approximate surface area is 221 Å². The molecule has 0 aromatic heterocycles. The van der Waals surface area contributed by atoms with Crippen LogP contribution in [0.1, 0.15) is 45.6 Å². The number of nitro groups is 1. The van der Waals surface area contributed by atoms with Gasteiger partial charge in [0, 0.05) is 28.4 Å². The molecule has 3 aromatic carbocycles. The molecule has 0 amide bonds. The number of aryl methyl sites for hydroxylation is 1. The molecule has 0 saturated heterocycles. The van der Waals surface area contributed by atoms with Crippen LogP contribution in [0.15, 0.2) is 83.8 Å². The van der Waals surface area contributed by atoms with E-state index in [-0.39, 0.29) is 16.0 Å². The van der Waals surface area contributed by atoms with Crippen LogP contribution in [0.5, 0.6) is 0 Å². The van der Waals surface area contributed by atoms with Crippen LogP contribution in [0.3, 0.4) is 0 Å². The molecular weight excluding hydrogens is 482 g/mol. The van der Waals surface area contributed by atoms with Gasteiger partial charge in [0.05, 0.1) is 4.92 Å². The third kappa shape index (κ3) is 6.66. The van der Waals surface area contributed by atoms with Gasteiger partial charge in [-0.1, -0.05) is 81.4 Å². The molecule has 0 radical (unpaired) electrons. The normalized spacial score (nSPS) is 20.4. The first-order valence-electron chi connectivity index (χ1n) is 12.9. The van der Waals surface area contributed by atoms with Gasteiger partial charge in [0.15, 0.2) is 0 Å². The average molecular weight is 520 g/mol. The lowest BCUT2D eigenvalue weighted by atomic mass is 9.69. The van der Waals surface area contributed by atoms with Crippen molar-refractivity contribution in [2.24, 2.45) is 17.3 Å². The van der Waals surface area contributed by atoms with E-state index in [0.717, 1.165) is 36.3 Å². The van der Waals surface area contributed by atoms with E-state index < -0.39 is 9.04 Å². The Bertz CT molecular complexity index is 1110. The fourth-order valence-corrected chi connectivity index (χ4v) is 9.44. The second kappa shape index (κ2) is 11.8. The van der Waals surface area contributed by atoms with Crippen LogP contribution < -0.4 is 10.4 Å². The molecule has 6 heteroatoms. The largest absolute Gasteiger partial charge is 0.411 e. The van der Waals surface area contributed by atoms with E-state index in [0.29, 0.717) is 17.1 Å². The molecular formula is C30H37NO3SSi. The van der Waals surface area contributed by atoms with E-state index in [9.17, 15) is 10.1 Å². The fourth-order valence-electron chi connectivity index (χ4n) is 5.39. The maximum Gasteiger partial charge on any atom is 0.272 e. The van der Waals surface area contributed by atoms with Crippen LogP contribution in [0, 0.1) is 34.3 Å². The summed E-state index contributed by atoms with van der Waals surface area (Å²) < 4.78 is 6.79. The first-order chi connectivity index (χ1) is 17.2. The Morgan fingerprint density at radius 1 is 0.972 bits per heavy atom. The summed E-state index contributed by atoms with van der Waals surface area (Å²) in [5.41, 5.74) is 1.11. The van der Waals surface area contributed by atoms with Gasteiger partial charge in [-0.15, -0.1) is 11.8 Å². The lowest BCUT2D eigenvalue weighted by Gasteiger charge is -2.43. The molecule has 0 N–H and O–H groups in total. The smallest absolute Gasteiger partial charge is 0.272 e. The van der Waals surface area contributed by atoms with E-state index in [1.54, 1.807) is 6.07 Å². The van der Waals surface area contributed by atoms with Gasteiger partial charge >= 0.3 is 0 Å². The Morgan fingerprint density at radius 3 is 2.11 bits per heavy atom. The molecule has 0 spiro atoms. The van der Waals surface area contributed by atoms with Crippen molar-refractivity contribution in [2.75, 3.05) is 6.61 Å². The van der Waals surface area contributed by atoms with E-state index in [1.165, 1.54) is 10.4 Å². The van der Waals surface area contributed by atoms with Crippen molar-refractivity contribution in [1.82, 2.24) is 0 Å². The lowest BCUT2D eigenvalue weighted by Crippen LogP contribution is -2.46. The highest BCUT2D eigenvalue weighted by Gasteiger charge is 2.38. The van der Waals surface area contributed by atoms with Crippen LogP contribution >= 0.6 is 11.8 Å². The van der Waals surface area contributed by atoms with Crippen LogP contribution in [-0.2, 0) is 4.43 Å². The fraction of sp³-hybridized carbons (Fsp3) is 0.400. The molecule has 0 heterocycles. The third-order valence-corrected chi connectivity index (χ3v) is 11.3. The maximum atomic E-state index is 11.2. The Morgan fingerprint density at radius 2 is 1.58 bits per heavy atom. The number of hydrogen-bond donors (Lipinski definition) is 0. The lowest BCUT2D eigenvalue weighted by molar-refractivity contribution is -0.385. The van der Waals surface area contributed by atoms with Gasteiger partial charge in [-0.05, 0) is 65.9 Å². The van der Waals surface area contributed by atoms with E-state index in [1.807, 2.05) is 30.8 Å². The van der Waals surface area contributed by atoms with Crippen molar-refractivity contribution in [1.29, 1.82) is 0 Å². The third-order valence-electron chi connectivity index (χ3n) is 7.36. The van der Waals surface area contributed by atoms with Gasteiger partial charge in [-0.3, -0.25) is 10.1 Å². The van der Waals surface area contributed by atoms with Gasteiger partial charge in [-0.25, -0.2) is 0 Å². The Kier molecular flexibility index (Phi) is 8.70. The van der Waals surface area contributed by atoms with Crippen LogP contribution in [-0.4, -0.2) is 25.8 Å². The highest BCUT2D eigenvalue weighted by atomic mass is 32.2. The van der Waals surface area contributed by atoms with Crippen LogP contribution in [0.25, 0.3) is 0 Å². The summed E-state index contributed by atoms with van der Waals surface area (Å²) in [5.74, 6) is 1.10. The van der Waals surface area contributed by atoms with Crippen molar-refractivity contribution < 1.29 is 9.35 Å². The minimum atomic E-state index is -1.74. The summed E-state index contributed by atoms with van der Waals surface area (Å²) in [7, 11) is -1.74. The number of rotatable bonds is 8. The number of benzene rings is 3. The summed E-state index contributed by atoms with van der Waals surface area (Å²) in [6.45, 7) is 9.68. The van der Waals surface area contributed by atoms with Crippen molar-refractivity contribution in [3.8, 4) is 0 Å². The summed E-state index contributed by atoms with van der Waals surface area (Å²) >= 11 is 1.90. The first kappa shape index (κ1) is 26.6. The van der Waals surface area contributed by atoms with Gasteiger partial charge in [0.25, 0.3) is 5.69 Å². The maximum absolute atomic E-state index is 11.2. The topological polar surface area (TPSA) is 52.4 Å². The van der Waals surface area contributed by atoms with Gasteiger partial charge in [-0.2, -0.15) is 0 Å². The molecule has 0 bridgehead atoms. The molecule has 36 heavy (non-hydrogen) atoms. The summed E-state index contributed by atoms with van der Waals surface area (Å²) in [5, 5.41) is 14.4. The zero-order valence-corrected chi connectivity index (χ0v) is 23.7. The summed E-state index contributed by atoms with van der Waals surface area (Å²) in [6, 6.07) is 27.0. The van der Waals surface area contributed by atoms with Crippen molar-refractivity contribution in [3.05, 3.63) is 94.5 Å². The molecule has 3 atom stereocenters. The Hall–Kier alpha value is -2.41. The summed E-state index contributed by atoms with van der Waals surface area (Å²) in [6.07, 6.45) is 3.44. The summed E-state index contributed by atoms with van der Waals surface area (Å²) in [4.78, 5) is 12.1. The Balaban J connectivity index is 1.45. The molecule has 0 aliphatic heterocycles. The van der Waals surface area contributed by atoms with Crippen LogP contribution in [0.2, 0.25) is 0 Å². The average Bonchev–Trinajstić information content (AvgIpc) is 2.85. The van der Waals surface area contributed by atoms with Crippen molar-refractivity contribution in [3.63, 3.8) is 0 Å². The minimum absolute atomic E-state index is 0.182. The van der Waals surface area contributed by atoms with E-state index in [4.69, 9.17) is 4.43 Å². The zero-order valence-electron chi connectivity index (χ0n) is 21.7. The standard InChI is InChI=1S/C30H37NO3SSi/c1-22-19-24(16-17-28(22)31(32)33)35-29-18-15-23(20-27(29)30(2,3)4)21-34-36(25-11-7-5-8-12-25)26-13-9-6-10-14-26/h5-14,16-17,19,23,27,29,36H,15,18,20-21H2,1-4H3. The van der Waals surface area contributed by atoms with Gasteiger partial charge in [0.1, 0.15) is 0 Å². The molecule has 4 rings (SSSR count). The number of hydrogen-bond acceptors (Lipinski definition) is 4. The molecule has 3 unspecified atom stereocenters. The monoisotopic (exact) mass is 519 g/mol. The molecule has 1 saturated carbocycles. The quantitative estimate of drug-likeness (QED) is 0.197. The molecule has 1 fully saturated rings. The van der Waals surface area contributed by atoms with E-state index >= 15 is 0 Å². The van der Waals surface area contributed by atoms with Gasteiger partial charge in [0.2, 0.25) is 9.04 Å². The molecule has 3 aromatic rings. The SMILES string of the molecule is Cc1cc(SC2CCC(CO[SiH](c3ccccc3)c3ccccc3)CC2C(C)(C)C)ccc1[N+](=O)[O-]. The van der Waals surface area contributed by atoms with Crippen LogP contribution in [0.4, 0.5) is 5.69 Å². The molecule has 1 aliphatic carbocycles. The highest BCUT2D eigenvalue weighted by molar-refractivity contribution is 8.00. The van der Waals surface area contributed by atoms with E-state index in [2.05, 4.69) is 81.4 Å². The van der Waals surface area contributed by atoms with Crippen molar-refractivity contribution in [2.45, 2.75) is 57.1 Å². The van der Waals surface area contributed by atoms with Gasteiger partial charge < -0.3 is 4.43 Å². The highest BCUT2D eigenvalue weighted by Crippen LogP contribution is 2.47. The number of nitro benzene ring substituents is 1. The minimum Gasteiger partial charge on any atom is -0.411 e. The number of nitrogens with zero attached hydrogens (tertiary/aromatic N) is 1. The predicted octanol–water partition coefficient (Wildman–Crippen LogP) is 6.38. The first-order valence-corrected chi connectivity index (χ1v) is 15.4. The van der Waals surface area contributed by atoms with Crippen molar-refractivity contribution >= 4 is 36.9 Å². The second-order valence-corrected chi connectivity index (χ2v) is 14.8. The zero-order chi connectivity index (χ0) is 25.7. The molecule has 1 aliphatic rings. The molecule has 4 nitrogen and oxygen atoms in total. The number of thioether (sulfide) groups is 1. The predicted molar refractivity (Wildman–Crippen MR) is 153 cm³/mol. The second-order valence-electron chi connectivity index (χ2n) is 11.0.